The van der Waals surface area contributed by atoms with Crippen molar-refractivity contribution >= 4 is 29.3 Å². The second-order valence-corrected chi connectivity index (χ2v) is 7.87. The summed E-state index contributed by atoms with van der Waals surface area (Å²) in [5.41, 5.74) is 0. The van der Waals surface area contributed by atoms with Crippen molar-refractivity contribution in [3.8, 4) is 0 Å². The molecule has 0 spiro atoms. The van der Waals surface area contributed by atoms with Gasteiger partial charge < -0.3 is 14.8 Å². The van der Waals surface area contributed by atoms with Crippen LogP contribution < -0.4 is 5.32 Å². The van der Waals surface area contributed by atoms with Crippen LogP contribution in [-0.4, -0.2) is 68.7 Å². The number of thioether (sulfide) groups is 1. The molecular weight excluding hydrogens is 360 g/mol. The van der Waals surface area contributed by atoms with E-state index in [9.17, 15) is 4.79 Å². The molecule has 0 radical (unpaired) electrons. The number of carbonyl (C=O) groups is 1. The highest BCUT2D eigenvalue weighted by Crippen LogP contribution is 2.22. The van der Waals surface area contributed by atoms with Crippen molar-refractivity contribution in [2.75, 3.05) is 51.8 Å². The first-order valence-corrected chi connectivity index (χ1v) is 10.1. The first-order valence-electron chi connectivity index (χ1n) is 8.77. The van der Waals surface area contributed by atoms with E-state index in [1.165, 1.54) is 11.8 Å². The fourth-order valence-corrected chi connectivity index (χ4v) is 4.16. The molecule has 0 saturated carbocycles. The number of nitrogens with zero attached hydrogens (tertiary/aromatic N) is 1. The second kappa shape index (κ2) is 9.78. The van der Waals surface area contributed by atoms with Crippen LogP contribution in [0.4, 0.5) is 0 Å². The Labute approximate surface area is 158 Å². The molecular formula is C18H25ClN2O3S. The van der Waals surface area contributed by atoms with Gasteiger partial charge in [-0.1, -0.05) is 11.6 Å². The smallest absolute Gasteiger partial charge is 0.230 e. The Balaban J connectivity index is 1.47. The third-order valence-electron chi connectivity index (χ3n) is 4.72. The monoisotopic (exact) mass is 384 g/mol. The maximum Gasteiger partial charge on any atom is 0.230 e. The molecule has 2 fully saturated rings. The molecule has 2 aliphatic heterocycles. The summed E-state index contributed by atoms with van der Waals surface area (Å²) in [7, 11) is 0. The zero-order valence-corrected chi connectivity index (χ0v) is 15.9. The summed E-state index contributed by atoms with van der Waals surface area (Å²) in [6.45, 7) is 5.68. The van der Waals surface area contributed by atoms with Gasteiger partial charge in [-0.2, -0.15) is 0 Å². The minimum atomic E-state index is 0.0668. The Morgan fingerprint density at radius 1 is 1.24 bits per heavy atom. The maximum absolute atomic E-state index is 12.3. The first-order chi connectivity index (χ1) is 12.2. The Morgan fingerprint density at radius 2 is 2.00 bits per heavy atom. The third kappa shape index (κ3) is 5.86. The number of hydrogen-bond acceptors (Lipinski definition) is 5. The predicted molar refractivity (Wildman–Crippen MR) is 100 cm³/mol. The highest BCUT2D eigenvalue weighted by atomic mass is 35.5. The van der Waals surface area contributed by atoms with Crippen molar-refractivity contribution in [1.82, 2.24) is 10.2 Å². The van der Waals surface area contributed by atoms with Crippen molar-refractivity contribution in [3.63, 3.8) is 0 Å². The van der Waals surface area contributed by atoms with Gasteiger partial charge >= 0.3 is 0 Å². The SMILES string of the molecule is O=C(CSc1ccc(Cl)cc1)NCC(C1CCOC1)N1CCOCC1. The molecule has 2 atom stereocenters. The van der Waals surface area contributed by atoms with Gasteiger partial charge in [-0.3, -0.25) is 9.69 Å². The summed E-state index contributed by atoms with van der Waals surface area (Å²) in [5.74, 6) is 0.970. The van der Waals surface area contributed by atoms with Crippen LogP contribution in [0.2, 0.25) is 5.02 Å². The van der Waals surface area contributed by atoms with E-state index in [1.54, 1.807) is 0 Å². The van der Waals surface area contributed by atoms with Crippen molar-refractivity contribution in [2.45, 2.75) is 17.4 Å². The van der Waals surface area contributed by atoms with Gasteiger partial charge in [0.1, 0.15) is 0 Å². The van der Waals surface area contributed by atoms with E-state index >= 15 is 0 Å². The van der Waals surface area contributed by atoms with Crippen LogP contribution >= 0.6 is 23.4 Å². The van der Waals surface area contributed by atoms with Gasteiger partial charge in [0.25, 0.3) is 0 Å². The normalized spacial score (nSPS) is 22.7. The number of amides is 1. The van der Waals surface area contributed by atoms with E-state index in [1.807, 2.05) is 24.3 Å². The van der Waals surface area contributed by atoms with E-state index in [0.717, 1.165) is 50.8 Å². The van der Waals surface area contributed by atoms with Crippen molar-refractivity contribution < 1.29 is 14.3 Å². The number of morpholine rings is 1. The third-order valence-corrected chi connectivity index (χ3v) is 5.98. The largest absolute Gasteiger partial charge is 0.381 e. The number of halogens is 1. The topological polar surface area (TPSA) is 50.8 Å². The average molecular weight is 385 g/mol. The summed E-state index contributed by atoms with van der Waals surface area (Å²) in [4.78, 5) is 15.7. The lowest BCUT2D eigenvalue weighted by Gasteiger charge is -2.37. The van der Waals surface area contributed by atoms with E-state index < -0.39 is 0 Å². The summed E-state index contributed by atoms with van der Waals surface area (Å²) in [6.07, 6.45) is 1.07. The Hall–Kier alpha value is -0.790. The molecule has 2 saturated heterocycles. The number of benzene rings is 1. The average Bonchev–Trinajstić information content (AvgIpc) is 3.17. The standard InChI is InChI=1S/C18H25ClN2O3S/c19-15-1-3-16(4-2-15)25-13-18(22)20-11-17(14-5-8-24-12-14)21-6-9-23-10-7-21/h1-4,14,17H,5-13H2,(H,20,22). The van der Waals surface area contributed by atoms with Crippen LogP contribution in [0.1, 0.15) is 6.42 Å². The molecule has 3 rings (SSSR count). The van der Waals surface area contributed by atoms with Crippen LogP contribution in [-0.2, 0) is 14.3 Å². The quantitative estimate of drug-likeness (QED) is 0.731. The Morgan fingerprint density at radius 3 is 2.68 bits per heavy atom. The lowest BCUT2D eigenvalue weighted by Crippen LogP contribution is -2.52. The van der Waals surface area contributed by atoms with Crippen LogP contribution in [0.15, 0.2) is 29.2 Å². The molecule has 0 aliphatic carbocycles. The maximum atomic E-state index is 12.3. The lowest BCUT2D eigenvalue weighted by molar-refractivity contribution is -0.119. The number of nitrogens with one attached hydrogen (secondary N) is 1. The number of carbonyl (C=O) groups excluding carboxylic acids is 1. The molecule has 1 aromatic rings. The van der Waals surface area contributed by atoms with Crippen LogP contribution in [0.3, 0.4) is 0 Å². The van der Waals surface area contributed by atoms with Gasteiger partial charge in [-0.25, -0.2) is 0 Å². The summed E-state index contributed by atoms with van der Waals surface area (Å²) in [5, 5.41) is 3.82. The summed E-state index contributed by atoms with van der Waals surface area (Å²) < 4.78 is 11.0. The number of rotatable bonds is 7. The fraction of sp³-hybridized carbons (Fsp3) is 0.611. The zero-order valence-electron chi connectivity index (χ0n) is 14.3. The molecule has 138 valence electrons. The number of hydrogen-bond donors (Lipinski definition) is 1. The molecule has 2 unspecified atom stereocenters. The highest BCUT2D eigenvalue weighted by Gasteiger charge is 2.31. The van der Waals surface area contributed by atoms with Crippen LogP contribution in [0.5, 0.6) is 0 Å². The van der Waals surface area contributed by atoms with Crippen LogP contribution in [0.25, 0.3) is 0 Å². The molecule has 1 amide bonds. The van der Waals surface area contributed by atoms with E-state index in [2.05, 4.69) is 10.2 Å². The van der Waals surface area contributed by atoms with Gasteiger partial charge in [0.05, 0.1) is 25.6 Å². The molecule has 1 aromatic carbocycles. The molecule has 1 N–H and O–H groups in total. The number of ether oxygens (including phenoxy) is 2. The molecule has 2 heterocycles. The molecule has 25 heavy (non-hydrogen) atoms. The van der Waals surface area contributed by atoms with E-state index in [0.29, 0.717) is 29.3 Å². The first kappa shape index (κ1) is 19.0. The second-order valence-electron chi connectivity index (χ2n) is 6.39. The molecule has 2 aliphatic rings. The Kier molecular flexibility index (Phi) is 7.43. The lowest BCUT2D eigenvalue weighted by atomic mass is 9.97. The van der Waals surface area contributed by atoms with Gasteiger partial charge in [-0.15, -0.1) is 11.8 Å². The van der Waals surface area contributed by atoms with Gasteiger partial charge in [0, 0.05) is 48.1 Å². The van der Waals surface area contributed by atoms with Crippen LogP contribution in [0, 0.1) is 5.92 Å². The van der Waals surface area contributed by atoms with Gasteiger partial charge in [-0.05, 0) is 30.7 Å². The summed E-state index contributed by atoms with van der Waals surface area (Å²) in [6, 6.07) is 7.89. The predicted octanol–water partition coefficient (Wildman–Crippen LogP) is 2.29. The Bertz CT molecular complexity index is 546. The molecule has 0 bridgehead atoms. The van der Waals surface area contributed by atoms with Crippen molar-refractivity contribution in [1.29, 1.82) is 0 Å². The summed E-state index contributed by atoms with van der Waals surface area (Å²) >= 11 is 7.41. The minimum Gasteiger partial charge on any atom is -0.381 e. The van der Waals surface area contributed by atoms with E-state index in [4.69, 9.17) is 21.1 Å². The molecule has 5 nitrogen and oxygen atoms in total. The van der Waals surface area contributed by atoms with Crippen molar-refractivity contribution in [3.05, 3.63) is 29.3 Å². The molecule has 7 heteroatoms. The molecule has 0 aromatic heterocycles. The van der Waals surface area contributed by atoms with E-state index in [-0.39, 0.29) is 5.91 Å². The minimum absolute atomic E-state index is 0.0668. The van der Waals surface area contributed by atoms with Crippen molar-refractivity contribution in [2.24, 2.45) is 5.92 Å². The zero-order chi connectivity index (χ0) is 17.5. The highest BCUT2D eigenvalue weighted by molar-refractivity contribution is 8.00. The van der Waals surface area contributed by atoms with Gasteiger partial charge in [0.15, 0.2) is 0 Å². The fourth-order valence-electron chi connectivity index (χ4n) is 3.31. The van der Waals surface area contributed by atoms with Gasteiger partial charge in [0.2, 0.25) is 5.91 Å².